The molecule has 1 aromatic rings. The predicted molar refractivity (Wildman–Crippen MR) is 81.6 cm³/mol. The van der Waals surface area contributed by atoms with E-state index >= 15 is 0 Å². The maximum Gasteiger partial charge on any atom is 0.283 e. The molecule has 122 valence electrons. The molecule has 2 atom stereocenters. The van der Waals surface area contributed by atoms with Crippen LogP contribution in [0.15, 0.2) is 11.2 Å². The lowest BCUT2D eigenvalue weighted by molar-refractivity contribution is -0.121. The largest absolute Gasteiger partial charge is 0.336 e. The molecule has 1 aromatic heterocycles. The van der Waals surface area contributed by atoms with E-state index in [0.29, 0.717) is 17.7 Å². The fraction of sp³-hybridized carbons (Fsp3) is 0.733. The van der Waals surface area contributed by atoms with Gasteiger partial charge in [0.2, 0.25) is 5.91 Å². The summed E-state index contributed by atoms with van der Waals surface area (Å²) in [6.45, 7) is 3.90. The lowest BCUT2D eigenvalue weighted by Crippen LogP contribution is -2.33. The van der Waals surface area contributed by atoms with E-state index < -0.39 is 10.0 Å². The van der Waals surface area contributed by atoms with Crippen LogP contribution in [0.4, 0.5) is 0 Å². The third-order valence-corrected chi connectivity index (χ3v) is 6.07. The zero-order valence-electron chi connectivity index (χ0n) is 13.2. The van der Waals surface area contributed by atoms with Crippen molar-refractivity contribution < 1.29 is 13.2 Å². The van der Waals surface area contributed by atoms with Gasteiger partial charge in [-0.3, -0.25) is 4.79 Å². The van der Waals surface area contributed by atoms with Crippen LogP contribution in [0.2, 0.25) is 0 Å². The van der Waals surface area contributed by atoms with Crippen LogP contribution in [-0.2, 0) is 21.9 Å². The Bertz CT molecular complexity index is 689. The lowest BCUT2D eigenvalue weighted by Gasteiger charge is -2.25. The topological polar surface area (TPSA) is 81.1 Å². The first-order valence-electron chi connectivity index (χ1n) is 7.89. The van der Waals surface area contributed by atoms with Gasteiger partial charge in [-0.1, -0.05) is 33.1 Å². The average molecular weight is 325 g/mol. The first-order chi connectivity index (χ1) is 10.3. The Morgan fingerprint density at radius 1 is 1.41 bits per heavy atom. The van der Waals surface area contributed by atoms with E-state index in [1.165, 1.54) is 25.5 Å². The van der Waals surface area contributed by atoms with Gasteiger partial charge in [-0.15, -0.1) is 0 Å². The molecule has 6 nitrogen and oxygen atoms in total. The summed E-state index contributed by atoms with van der Waals surface area (Å²) < 4.78 is 28.5. The first kappa shape index (κ1) is 15.5. The van der Waals surface area contributed by atoms with Crippen LogP contribution in [0.5, 0.6) is 0 Å². The van der Waals surface area contributed by atoms with Crippen molar-refractivity contribution in [3.05, 3.63) is 12.0 Å². The van der Waals surface area contributed by atoms with Gasteiger partial charge < -0.3 is 4.57 Å². The standard InChI is InChI=1S/C15H23N3O3S/c1-9(2)14-16-13(8-18(14)3)22(20,21)17-15(19)12-7-11(12)10-5-4-6-10/h8-12H,4-7H2,1-3H3,(H,17,19)/t11-,12+/m0/s1. The number of carbonyl (C=O) groups is 1. The van der Waals surface area contributed by atoms with Crippen molar-refractivity contribution in [2.24, 2.45) is 24.8 Å². The molecule has 0 unspecified atom stereocenters. The zero-order chi connectivity index (χ0) is 16.1. The predicted octanol–water partition coefficient (Wildman–Crippen LogP) is 1.78. The van der Waals surface area contributed by atoms with Gasteiger partial charge >= 0.3 is 0 Å². The van der Waals surface area contributed by atoms with Crippen LogP contribution in [0.3, 0.4) is 0 Å². The number of amides is 1. The minimum atomic E-state index is -3.87. The highest BCUT2D eigenvalue weighted by Gasteiger charge is 2.49. The number of nitrogens with zero attached hydrogens (tertiary/aromatic N) is 2. The van der Waals surface area contributed by atoms with Crippen molar-refractivity contribution in [3.8, 4) is 0 Å². The summed E-state index contributed by atoms with van der Waals surface area (Å²) in [6, 6.07) is 0. The van der Waals surface area contributed by atoms with E-state index in [4.69, 9.17) is 0 Å². The highest BCUT2D eigenvalue weighted by atomic mass is 32.2. The Morgan fingerprint density at radius 3 is 2.59 bits per heavy atom. The molecule has 2 saturated carbocycles. The molecule has 7 heteroatoms. The second kappa shape index (κ2) is 5.37. The molecule has 0 saturated heterocycles. The summed E-state index contributed by atoms with van der Waals surface area (Å²) in [5.74, 6) is 1.32. The Balaban J connectivity index is 1.68. The van der Waals surface area contributed by atoms with Crippen LogP contribution >= 0.6 is 0 Å². The van der Waals surface area contributed by atoms with Crippen LogP contribution in [0.25, 0.3) is 0 Å². The van der Waals surface area contributed by atoms with Gasteiger partial charge in [0.05, 0.1) is 0 Å². The molecule has 0 aliphatic heterocycles. The van der Waals surface area contributed by atoms with E-state index in [0.717, 1.165) is 6.42 Å². The minimum Gasteiger partial charge on any atom is -0.336 e. The maximum absolute atomic E-state index is 12.3. The van der Waals surface area contributed by atoms with Gasteiger partial charge in [0.1, 0.15) is 5.82 Å². The third-order valence-electron chi connectivity index (χ3n) is 4.85. The molecule has 0 aromatic carbocycles. The van der Waals surface area contributed by atoms with Crippen molar-refractivity contribution >= 4 is 15.9 Å². The number of hydrogen-bond donors (Lipinski definition) is 1. The van der Waals surface area contributed by atoms with Crippen molar-refractivity contribution in [1.82, 2.24) is 14.3 Å². The molecule has 1 heterocycles. The molecule has 0 bridgehead atoms. The number of hydrogen-bond acceptors (Lipinski definition) is 4. The van der Waals surface area contributed by atoms with Crippen molar-refractivity contribution in [1.29, 1.82) is 0 Å². The number of carbonyl (C=O) groups excluding carboxylic acids is 1. The summed E-state index contributed by atoms with van der Waals surface area (Å²) in [7, 11) is -2.11. The molecular formula is C15H23N3O3S. The van der Waals surface area contributed by atoms with Gasteiger partial charge in [-0.25, -0.2) is 9.71 Å². The monoisotopic (exact) mass is 325 g/mol. The van der Waals surface area contributed by atoms with Gasteiger partial charge in [0, 0.05) is 25.1 Å². The SMILES string of the molecule is CC(C)c1nc(S(=O)(=O)NC(=O)[C@@H]2C[C@H]2C2CCC2)cn1C. The Kier molecular flexibility index (Phi) is 3.79. The summed E-state index contributed by atoms with van der Waals surface area (Å²) in [4.78, 5) is 16.3. The quantitative estimate of drug-likeness (QED) is 0.895. The average Bonchev–Trinajstić information content (AvgIpc) is 3.00. The van der Waals surface area contributed by atoms with Crippen LogP contribution in [0, 0.1) is 17.8 Å². The molecule has 1 N–H and O–H groups in total. The minimum absolute atomic E-state index is 0.0760. The van der Waals surface area contributed by atoms with Crippen LogP contribution in [0.1, 0.15) is 51.3 Å². The van der Waals surface area contributed by atoms with Crippen molar-refractivity contribution in [2.45, 2.75) is 50.5 Å². The molecule has 2 fully saturated rings. The fourth-order valence-electron chi connectivity index (χ4n) is 3.28. The lowest BCUT2D eigenvalue weighted by atomic mass is 9.81. The summed E-state index contributed by atoms with van der Waals surface area (Å²) in [6.07, 6.45) is 5.88. The smallest absolute Gasteiger partial charge is 0.283 e. The number of sulfonamides is 1. The molecule has 2 aliphatic rings. The number of nitrogens with one attached hydrogen (secondary N) is 1. The molecule has 22 heavy (non-hydrogen) atoms. The van der Waals surface area contributed by atoms with Crippen LogP contribution < -0.4 is 4.72 Å². The highest BCUT2D eigenvalue weighted by Crippen LogP contribution is 2.51. The van der Waals surface area contributed by atoms with Gasteiger partial charge in [-0.05, 0) is 18.3 Å². The third kappa shape index (κ3) is 2.78. The fourth-order valence-corrected chi connectivity index (χ4v) is 4.32. The van der Waals surface area contributed by atoms with Crippen molar-refractivity contribution in [2.75, 3.05) is 0 Å². The molecular weight excluding hydrogens is 302 g/mol. The summed E-state index contributed by atoms with van der Waals surface area (Å²) >= 11 is 0. The van der Waals surface area contributed by atoms with Gasteiger partial charge in [0.25, 0.3) is 10.0 Å². The molecule has 2 aliphatic carbocycles. The second-order valence-electron chi connectivity index (χ2n) is 6.87. The van der Waals surface area contributed by atoms with E-state index in [1.807, 2.05) is 13.8 Å². The highest BCUT2D eigenvalue weighted by molar-refractivity contribution is 7.90. The molecule has 0 spiro atoms. The van der Waals surface area contributed by atoms with Gasteiger partial charge in [-0.2, -0.15) is 8.42 Å². The molecule has 3 rings (SSSR count). The normalized spacial score (nSPS) is 25.1. The number of aryl methyl sites for hydroxylation is 1. The van der Waals surface area contributed by atoms with Crippen LogP contribution in [-0.4, -0.2) is 23.9 Å². The van der Waals surface area contributed by atoms with E-state index in [9.17, 15) is 13.2 Å². The zero-order valence-corrected chi connectivity index (χ0v) is 14.1. The number of imidazole rings is 1. The summed E-state index contributed by atoms with van der Waals surface area (Å²) in [5, 5.41) is -0.0760. The van der Waals surface area contributed by atoms with Gasteiger partial charge in [0.15, 0.2) is 5.03 Å². The second-order valence-corrected chi connectivity index (χ2v) is 8.50. The molecule has 1 amide bonds. The Hall–Kier alpha value is -1.37. The first-order valence-corrected chi connectivity index (χ1v) is 9.38. The number of aromatic nitrogens is 2. The Labute approximate surface area is 131 Å². The Morgan fingerprint density at radius 2 is 2.09 bits per heavy atom. The summed E-state index contributed by atoms with van der Waals surface area (Å²) in [5.41, 5.74) is 0. The number of rotatable bonds is 5. The van der Waals surface area contributed by atoms with Crippen molar-refractivity contribution in [3.63, 3.8) is 0 Å². The molecule has 0 radical (unpaired) electrons. The van der Waals surface area contributed by atoms with E-state index in [-0.39, 0.29) is 22.8 Å². The maximum atomic E-state index is 12.3. The van der Waals surface area contributed by atoms with E-state index in [1.54, 1.807) is 11.6 Å². The van der Waals surface area contributed by atoms with E-state index in [2.05, 4.69) is 9.71 Å².